The van der Waals surface area contributed by atoms with Crippen molar-refractivity contribution in [3.63, 3.8) is 0 Å². The molecule has 0 N–H and O–H groups in total. The van der Waals surface area contributed by atoms with Crippen molar-refractivity contribution in [2.75, 3.05) is 4.90 Å². The maximum Gasteiger partial charge on any atom is 0.143 e. The summed E-state index contributed by atoms with van der Waals surface area (Å²) in [7, 11) is 0. The Balaban J connectivity index is 1.11. The van der Waals surface area contributed by atoms with Gasteiger partial charge in [-0.1, -0.05) is 200 Å². The normalized spacial score (nSPS) is 11.4. The molecule has 0 saturated carbocycles. The highest BCUT2D eigenvalue weighted by Crippen LogP contribution is 2.49. The van der Waals surface area contributed by atoms with Crippen molar-refractivity contribution < 1.29 is 4.42 Å². The molecule has 0 saturated heterocycles. The molecule has 300 valence electrons. The van der Waals surface area contributed by atoms with Gasteiger partial charge in [-0.05, 0) is 115 Å². The number of furan rings is 1. The van der Waals surface area contributed by atoms with Crippen LogP contribution in [0.5, 0.6) is 0 Å². The Morgan fingerprint density at radius 1 is 0.281 bits per heavy atom. The van der Waals surface area contributed by atoms with Gasteiger partial charge in [0, 0.05) is 33.3 Å². The first-order valence-corrected chi connectivity index (χ1v) is 21.9. The fourth-order valence-electron chi connectivity index (χ4n) is 9.63. The summed E-state index contributed by atoms with van der Waals surface area (Å²) < 4.78 is 6.51. The van der Waals surface area contributed by atoms with Crippen LogP contribution in [0.1, 0.15) is 0 Å². The fourth-order valence-corrected chi connectivity index (χ4v) is 9.63. The average Bonchev–Trinajstić information content (AvgIpc) is 3.76. The molecule has 0 bridgehead atoms. The summed E-state index contributed by atoms with van der Waals surface area (Å²) in [5.41, 5.74) is 16.6. The van der Waals surface area contributed by atoms with Crippen LogP contribution in [0.4, 0.5) is 17.1 Å². The predicted octanol–water partition coefficient (Wildman–Crippen LogP) is 17.7. The van der Waals surface area contributed by atoms with Crippen molar-refractivity contribution in [1.29, 1.82) is 0 Å². The minimum Gasteiger partial charge on any atom is -0.455 e. The van der Waals surface area contributed by atoms with Crippen LogP contribution in [0.25, 0.3) is 99.1 Å². The number of nitrogens with zero attached hydrogens (tertiary/aromatic N) is 1. The van der Waals surface area contributed by atoms with Crippen molar-refractivity contribution in [3.05, 3.63) is 249 Å². The monoisotopic (exact) mass is 815 g/mol. The minimum absolute atomic E-state index is 0.898. The van der Waals surface area contributed by atoms with E-state index in [9.17, 15) is 0 Å². The molecule has 0 radical (unpaired) electrons. The highest BCUT2D eigenvalue weighted by Gasteiger charge is 2.24. The van der Waals surface area contributed by atoms with Gasteiger partial charge in [-0.15, -0.1) is 0 Å². The molecule has 2 nitrogen and oxygen atoms in total. The van der Waals surface area contributed by atoms with Gasteiger partial charge in [0.2, 0.25) is 0 Å². The van der Waals surface area contributed by atoms with E-state index in [1.807, 2.05) is 12.1 Å². The third-order valence-corrected chi connectivity index (χ3v) is 12.7. The lowest BCUT2D eigenvalue weighted by atomic mass is 9.86. The fraction of sp³-hybridized carbons (Fsp3) is 0. The highest BCUT2D eigenvalue weighted by molar-refractivity contribution is 6.17. The second kappa shape index (κ2) is 15.8. The van der Waals surface area contributed by atoms with E-state index in [1.165, 1.54) is 49.4 Å². The average molecular weight is 816 g/mol. The van der Waals surface area contributed by atoms with Gasteiger partial charge in [0.05, 0.1) is 5.69 Å². The molecule has 11 aromatic carbocycles. The quantitative estimate of drug-likeness (QED) is 0.142. The summed E-state index contributed by atoms with van der Waals surface area (Å²) in [5.74, 6) is 0. The van der Waals surface area contributed by atoms with Crippen LogP contribution in [0.2, 0.25) is 0 Å². The van der Waals surface area contributed by atoms with Crippen molar-refractivity contribution in [2.45, 2.75) is 0 Å². The molecule has 0 aliphatic heterocycles. The van der Waals surface area contributed by atoms with Crippen LogP contribution in [-0.2, 0) is 0 Å². The molecule has 1 heterocycles. The van der Waals surface area contributed by atoms with E-state index in [4.69, 9.17) is 4.42 Å². The van der Waals surface area contributed by atoms with Gasteiger partial charge < -0.3 is 9.32 Å². The summed E-state index contributed by atoms with van der Waals surface area (Å²) >= 11 is 0. The number of benzene rings is 11. The minimum atomic E-state index is 0.898. The molecule has 0 unspecified atom stereocenters. The SMILES string of the molecule is c1ccc(-c2ccc(N(c3ccc(-c4cccc5c4oc4ccccc45)cc3)c3cccc(-c4cccc(-c5ccccc5)c4)c3-c3cc4ccccc4c4ccccc34)cc2)cc1. The topological polar surface area (TPSA) is 16.4 Å². The zero-order valence-electron chi connectivity index (χ0n) is 35.0. The first kappa shape index (κ1) is 37.3. The van der Waals surface area contributed by atoms with E-state index in [2.05, 4.69) is 241 Å². The van der Waals surface area contributed by atoms with Crippen molar-refractivity contribution in [1.82, 2.24) is 0 Å². The molecule has 0 aliphatic rings. The summed E-state index contributed by atoms with van der Waals surface area (Å²) in [5, 5.41) is 7.15. The molecule has 64 heavy (non-hydrogen) atoms. The third-order valence-electron chi connectivity index (χ3n) is 12.7. The zero-order valence-corrected chi connectivity index (χ0v) is 35.0. The number of hydrogen-bond acceptors (Lipinski definition) is 2. The lowest BCUT2D eigenvalue weighted by Crippen LogP contribution is -2.12. The van der Waals surface area contributed by atoms with Gasteiger partial charge in [0.25, 0.3) is 0 Å². The van der Waals surface area contributed by atoms with E-state index >= 15 is 0 Å². The zero-order chi connectivity index (χ0) is 42.4. The van der Waals surface area contributed by atoms with E-state index in [-0.39, 0.29) is 0 Å². The Kier molecular flexibility index (Phi) is 9.20. The maximum atomic E-state index is 6.51. The number of fused-ring (bicyclic) bond motifs is 6. The summed E-state index contributed by atoms with van der Waals surface area (Å²) in [6.07, 6.45) is 0. The molecule has 0 aliphatic carbocycles. The molecule has 0 fully saturated rings. The molecule has 1 aromatic heterocycles. The van der Waals surface area contributed by atoms with Gasteiger partial charge in [0.1, 0.15) is 11.2 Å². The Morgan fingerprint density at radius 2 is 0.797 bits per heavy atom. The molecular weight excluding hydrogens is 775 g/mol. The summed E-state index contributed by atoms with van der Waals surface area (Å²) in [6.45, 7) is 0. The van der Waals surface area contributed by atoms with Crippen molar-refractivity contribution >= 4 is 60.5 Å². The van der Waals surface area contributed by atoms with Crippen LogP contribution < -0.4 is 4.90 Å². The first-order chi connectivity index (χ1) is 31.7. The molecule has 0 amide bonds. The molecule has 0 atom stereocenters. The number of anilines is 3. The Morgan fingerprint density at radius 3 is 1.55 bits per heavy atom. The molecule has 0 spiro atoms. The van der Waals surface area contributed by atoms with Crippen LogP contribution in [0.3, 0.4) is 0 Å². The maximum absolute atomic E-state index is 6.51. The standard InChI is InChI=1S/C62H41NO/c1-3-16-42(17-4-1)44-32-36-49(37-33-44)63(50-38-34-45(35-39-50)53-28-14-29-57-56-26-11-12-31-60(56)64-62(53)57)59-30-15-27-52(47-22-13-21-46(40-47)43-18-5-2-6-19-43)61(59)58-41-48-20-7-8-23-51(48)54-24-9-10-25-55(54)58/h1-41H. The second-order valence-corrected chi connectivity index (χ2v) is 16.4. The van der Waals surface area contributed by atoms with Gasteiger partial charge in [0.15, 0.2) is 0 Å². The Hall–Kier alpha value is -8.46. The highest BCUT2D eigenvalue weighted by atomic mass is 16.3. The van der Waals surface area contributed by atoms with Gasteiger partial charge in [-0.2, -0.15) is 0 Å². The van der Waals surface area contributed by atoms with Crippen LogP contribution in [-0.4, -0.2) is 0 Å². The van der Waals surface area contributed by atoms with E-state index < -0.39 is 0 Å². The summed E-state index contributed by atoms with van der Waals surface area (Å²) in [6, 6.07) is 89.8. The van der Waals surface area contributed by atoms with E-state index in [0.29, 0.717) is 0 Å². The van der Waals surface area contributed by atoms with Gasteiger partial charge in [-0.25, -0.2) is 0 Å². The lowest BCUT2D eigenvalue weighted by Gasteiger charge is -2.30. The van der Waals surface area contributed by atoms with Crippen LogP contribution in [0, 0.1) is 0 Å². The second-order valence-electron chi connectivity index (χ2n) is 16.4. The summed E-state index contributed by atoms with van der Waals surface area (Å²) in [4.78, 5) is 2.43. The van der Waals surface area contributed by atoms with E-state index in [1.54, 1.807) is 0 Å². The Labute approximate surface area is 372 Å². The first-order valence-electron chi connectivity index (χ1n) is 21.9. The largest absolute Gasteiger partial charge is 0.455 e. The molecular formula is C62H41NO. The predicted molar refractivity (Wildman–Crippen MR) is 271 cm³/mol. The number of para-hydroxylation sites is 2. The number of hydrogen-bond donors (Lipinski definition) is 0. The van der Waals surface area contributed by atoms with Crippen molar-refractivity contribution in [2.24, 2.45) is 0 Å². The third kappa shape index (κ3) is 6.52. The van der Waals surface area contributed by atoms with Crippen molar-refractivity contribution in [3.8, 4) is 55.6 Å². The van der Waals surface area contributed by atoms with Gasteiger partial charge in [-0.3, -0.25) is 0 Å². The van der Waals surface area contributed by atoms with Crippen LogP contribution >= 0.6 is 0 Å². The Bertz CT molecular complexity index is 3640. The molecule has 12 aromatic rings. The molecule has 2 heteroatoms. The lowest BCUT2D eigenvalue weighted by molar-refractivity contribution is 0.670. The smallest absolute Gasteiger partial charge is 0.143 e. The van der Waals surface area contributed by atoms with E-state index in [0.717, 1.165) is 66.8 Å². The number of rotatable bonds is 8. The molecule has 12 rings (SSSR count). The van der Waals surface area contributed by atoms with Crippen LogP contribution in [0.15, 0.2) is 253 Å². The van der Waals surface area contributed by atoms with Gasteiger partial charge >= 0.3 is 0 Å².